The van der Waals surface area contributed by atoms with E-state index in [4.69, 9.17) is 11.6 Å². The van der Waals surface area contributed by atoms with Crippen LogP contribution in [0.3, 0.4) is 0 Å². The lowest BCUT2D eigenvalue weighted by Crippen LogP contribution is -2.31. The maximum atomic E-state index is 13.0. The van der Waals surface area contributed by atoms with Crippen molar-refractivity contribution in [2.45, 2.75) is 24.0 Å². The van der Waals surface area contributed by atoms with Crippen LogP contribution in [0.5, 0.6) is 0 Å². The third kappa shape index (κ3) is 5.20. The smallest absolute Gasteiger partial charge is 0.269 e. The lowest BCUT2D eigenvalue weighted by Gasteiger charge is -2.24. The molecule has 10 nitrogen and oxygen atoms in total. The Bertz CT molecular complexity index is 1220. The molecule has 1 saturated heterocycles. The monoisotopic (exact) mass is 500 g/mol. The van der Waals surface area contributed by atoms with Gasteiger partial charge in [0, 0.05) is 42.0 Å². The van der Waals surface area contributed by atoms with Crippen molar-refractivity contribution in [2.24, 2.45) is 7.05 Å². The molecule has 1 aliphatic rings. The predicted octanol–water partition coefficient (Wildman–Crippen LogP) is 4.08. The first kappa shape index (κ1) is 23.7. The molecule has 0 saturated carbocycles. The minimum absolute atomic E-state index is 0.0468. The zero-order valence-corrected chi connectivity index (χ0v) is 19.8. The molecule has 176 valence electrons. The summed E-state index contributed by atoms with van der Waals surface area (Å²) in [5.41, 5.74) is 0.989. The van der Waals surface area contributed by atoms with Gasteiger partial charge in [0.15, 0.2) is 11.0 Å². The summed E-state index contributed by atoms with van der Waals surface area (Å²) in [6.07, 6.45) is 1.63. The molecule has 0 radical (unpaired) electrons. The molecule has 4 rings (SSSR count). The molecule has 1 aromatic heterocycles. The highest BCUT2D eigenvalue weighted by Gasteiger charge is 2.34. The second kappa shape index (κ2) is 10.2. The maximum Gasteiger partial charge on any atom is 0.269 e. The van der Waals surface area contributed by atoms with E-state index in [0.717, 1.165) is 12.8 Å². The minimum Gasteiger partial charge on any atom is -0.328 e. The fourth-order valence-corrected chi connectivity index (χ4v) is 4.62. The van der Waals surface area contributed by atoms with Gasteiger partial charge in [0.1, 0.15) is 0 Å². The Morgan fingerprint density at radius 1 is 1.18 bits per heavy atom. The van der Waals surface area contributed by atoms with Crippen molar-refractivity contribution in [3.8, 4) is 0 Å². The Morgan fingerprint density at radius 3 is 2.56 bits per heavy atom. The van der Waals surface area contributed by atoms with Gasteiger partial charge in [-0.15, -0.1) is 10.2 Å². The number of nitrogens with zero attached hydrogens (tertiary/aromatic N) is 5. The SMILES string of the molecule is Cn1c(SCC(=O)Nc2ccc([N+](=O)[O-])cc2)nnc1C1CCCN1C(=O)c1ccc(Cl)cc1. The summed E-state index contributed by atoms with van der Waals surface area (Å²) < 4.78 is 1.81. The van der Waals surface area contributed by atoms with Gasteiger partial charge in [0.25, 0.3) is 11.6 Å². The predicted molar refractivity (Wildman–Crippen MR) is 128 cm³/mol. The zero-order valence-electron chi connectivity index (χ0n) is 18.2. The second-order valence-electron chi connectivity index (χ2n) is 7.70. The molecule has 1 aliphatic heterocycles. The number of likely N-dealkylation sites (tertiary alicyclic amines) is 1. The van der Waals surface area contributed by atoms with Crippen LogP contribution in [0.1, 0.15) is 35.1 Å². The third-order valence-electron chi connectivity index (χ3n) is 5.47. The lowest BCUT2D eigenvalue weighted by molar-refractivity contribution is -0.384. The van der Waals surface area contributed by atoms with Gasteiger partial charge in [0.05, 0.1) is 16.7 Å². The molecular weight excluding hydrogens is 480 g/mol. The Hall–Kier alpha value is -3.44. The Balaban J connectivity index is 1.39. The first-order valence-corrected chi connectivity index (χ1v) is 11.8. The summed E-state index contributed by atoms with van der Waals surface area (Å²) in [4.78, 5) is 37.4. The van der Waals surface area contributed by atoms with Gasteiger partial charge in [0.2, 0.25) is 5.91 Å². The van der Waals surface area contributed by atoms with E-state index in [1.165, 1.54) is 36.0 Å². The molecule has 2 heterocycles. The number of anilines is 1. The molecule has 34 heavy (non-hydrogen) atoms. The average Bonchev–Trinajstić information content (AvgIpc) is 3.44. The van der Waals surface area contributed by atoms with Crippen LogP contribution in [-0.2, 0) is 11.8 Å². The van der Waals surface area contributed by atoms with E-state index < -0.39 is 4.92 Å². The summed E-state index contributed by atoms with van der Waals surface area (Å²) in [6.45, 7) is 0.624. The normalized spacial score (nSPS) is 15.4. The number of nitro groups is 1. The number of carbonyl (C=O) groups excluding carboxylic acids is 2. The van der Waals surface area contributed by atoms with E-state index >= 15 is 0 Å². The number of hydrogen-bond acceptors (Lipinski definition) is 7. The number of rotatable bonds is 7. The molecule has 1 atom stereocenters. The van der Waals surface area contributed by atoms with Gasteiger partial charge in [-0.3, -0.25) is 19.7 Å². The van der Waals surface area contributed by atoms with Crippen molar-refractivity contribution in [1.29, 1.82) is 0 Å². The number of benzene rings is 2. The lowest BCUT2D eigenvalue weighted by atomic mass is 10.1. The largest absolute Gasteiger partial charge is 0.328 e. The van der Waals surface area contributed by atoms with E-state index in [2.05, 4.69) is 15.5 Å². The number of non-ortho nitro benzene ring substituents is 1. The van der Waals surface area contributed by atoms with Crippen LogP contribution in [0.15, 0.2) is 53.7 Å². The highest BCUT2D eigenvalue weighted by Crippen LogP contribution is 2.33. The van der Waals surface area contributed by atoms with E-state index in [-0.39, 0.29) is 29.3 Å². The molecule has 1 N–H and O–H groups in total. The third-order valence-corrected chi connectivity index (χ3v) is 6.74. The molecule has 1 unspecified atom stereocenters. The zero-order chi connectivity index (χ0) is 24.2. The first-order chi connectivity index (χ1) is 16.3. The average molecular weight is 501 g/mol. The maximum absolute atomic E-state index is 13.0. The van der Waals surface area contributed by atoms with Crippen LogP contribution in [0.2, 0.25) is 5.02 Å². The van der Waals surface area contributed by atoms with Gasteiger partial charge in [-0.25, -0.2) is 0 Å². The van der Waals surface area contributed by atoms with Gasteiger partial charge in [-0.2, -0.15) is 0 Å². The number of aromatic nitrogens is 3. The molecule has 0 aliphatic carbocycles. The molecular formula is C22H21ClN6O4S. The van der Waals surface area contributed by atoms with Crippen molar-refractivity contribution < 1.29 is 14.5 Å². The summed E-state index contributed by atoms with van der Waals surface area (Å²) in [5, 5.41) is 23.1. The topological polar surface area (TPSA) is 123 Å². The highest BCUT2D eigenvalue weighted by atomic mass is 35.5. The Kier molecular flexibility index (Phi) is 7.13. The Morgan fingerprint density at radius 2 is 1.88 bits per heavy atom. The van der Waals surface area contributed by atoms with Crippen LogP contribution >= 0.6 is 23.4 Å². The molecule has 0 spiro atoms. The van der Waals surface area contributed by atoms with Gasteiger partial charge in [-0.1, -0.05) is 23.4 Å². The molecule has 2 amide bonds. The summed E-state index contributed by atoms with van der Waals surface area (Å²) in [6, 6.07) is 12.2. The Labute approximate surface area is 204 Å². The first-order valence-electron chi connectivity index (χ1n) is 10.5. The number of halogens is 1. The van der Waals surface area contributed by atoms with Gasteiger partial charge in [-0.05, 0) is 49.2 Å². The van der Waals surface area contributed by atoms with Crippen LogP contribution in [0.25, 0.3) is 0 Å². The van der Waals surface area contributed by atoms with E-state index in [9.17, 15) is 19.7 Å². The van der Waals surface area contributed by atoms with E-state index in [1.807, 2.05) is 11.6 Å². The number of carbonyl (C=O) groups is 2. The fraction of sp³-hybridized carbons (Fsp3) is 0.273. The molecule has 2 aromatic carbocycles. The summed E-state index contributed by atoms with van der Waals surface area (Å²) >= 11 is 7.16. The van der Waals surface area contributed by atoms with Crippen LogP contribution in [0.4, 0.5) is 11.4 Å². The van der Waals surface area contributed by atoms with Crippen molar-refractivity contribution in [3.63, 3.8) is 0 Å². The van der Waals surface area contributed by atoms with Crippen molar-refractivity contribution >= 4 is 46.6 Å². The van der Waals surface area contributed by atoms with Gasteiger partial charge >= 0.3 is 0 Å². The number of hydrogen-bond donors (Lipinski definition) is 1. The standard InChI is InChI=1S/C22H21ClN6O4S/c1-27-20(18-3-2-12-28(18)21(31)14-4-6-15(23)7-5-14)25-26-22(27)34-13-19(30)24-16-8-10-17(11-9-16)29(32)33/h4-11,18H,2-3,12-13H2,1H3,(H,24,30). The quantitative estimate of drug-likeness (QED) is 0.294. The van der Waals surface area contributed by atoms with Crippen LogP contribution in [0, 0.1) is 10.1 Å². The highest BCUT2D eigenvalue weighted by molar-refractivity contribution is 7.99. The molecule has 0 bridgehead atoms. The van der Waals surface area contributed by atoms with Crippen molar-refractivity contribution in [3.05, 3.63) is 75.1 Å². The number of nitrogens with one attached hydrogen (secondary N) is 1. The van der Waals surface area contributed by atoms with Crippen molar-refractivity contribution in [1.82, 2.24) is 19.7 Å². The summed E-state index contributed by atoms with van der Waals surface area (Å²) in [7, 11) is 1.81. The number of nitro benzene ring substituents is 1. The van der Waals surface area contributed by atoms with E-state index in [1.54, 1.807) is 29.2 Å². The molecule has 1 fully saturated rings. The van der Waals surface area contributed by atoms with Crippen LogP contribution < -0.4 is 5.32 Å². The fourth-order valence-electron chi connectivity index (χ4n) is 3.77. The van der Waals surface area contributed by atoms with Crippen molar-refractivity contribution in [2.75, 3.05) is 17.6 Å². The van der Waals surface area contributed by atoms with Crippen LogP contribution in [-0.4, -0.2) is 48.7 Å². The van der Waals surface area contributed by atoms with Gasteiger partial charge < -0.3 is 14.8 Å². The molecule has 3 aromatic rings. The molecule has 12 heteroatoms. The summed E-state index contributed by atoms with van der Waals surface area (Å²) in [5.74, 6) is 0.391. The number of amides is 2. The van der Waals surface area contributed by atoms with E-state index in [0.29, 0.717) is 33.8 Å². The second-order valence-corrected chi connectivity index (χ2v) is 9.08. The minimum atomic E-state index is -0.498. The number of thioether (sulfide) groups is 1.